The van der Waals surface area contributed by atoms with Gasteiger partial charge in [-0.3, -0.25) is 19.7 Å². The number of aryl methyl sites for hydroxylation is 1. The van der Waals surface area contributed by atoms with Crippen LogP contribution in [0.4, 0.5) is 5.69 Å². The first kappa shape index (κ1) is 20.5. The molecule has 0 saturated heterocycles. The smallest absolute Gasteiger partial charge is 0.270 e. The molecule has 4 aromatic rings. The Labute approximate surface area is 183 Å². The number of nitrogens with zero attached hydrogens (tertiary/aromatic N) is 5. The van der Waals surface area contributed by atoms with Crippen LogP contribution >= 0.6 is 11.8 Å². The van der Waals surface area contributed by atoms with Crippen LogP contribution < -0.4 is 4.74 Å². The van der Waals surface area contributed by atoms with Crippen LogP contribution in [0.15, 0.2) is 72.1 Å². The molecular formula is C22H19N5O3S. The highest BCUT2D eigenvalue weighted by molar-refractivity contribution is 7.98. The number of nitro benzene ring substituents is 1. The summed E-state index contributed by atoms with van der Waals surface area (Å²) in [6.07, 6.45) is 3.43. The number of thioether (sulfide) groups is 1. The van der Waals surface area contributed by atoms with Gasteiger partial charge in [-0.05, 0) is 37.3 Å². The third kappa shape index (κ3) is 4.41. The number of pyridine rings is 1. The highest BCUT2D eigenvalue weighted by Gasteiger charge is 2.18. The minimum atomic E-state index is -0.413. The van der Waals surface area contributed by atoms with Gasteiger partial charge in [-0.25, -0.2) is 0 Å². The Bertz CT molecular complexity index is 1210. The fourth-order valence-electron chi connectivity index (χ4n) is 3.11. The van der Waals surface area contributed by atoms with E-state index in [9.17, 15) is 10.1 Å². The zero-order valence-corrected chi connectivity index (χ0v) is 17.7. The summed E-state index contributed by atoms with van der Waals surface area (Å²) in [5.41, 5.74) is 3.70. The third-order valence-electron chi connectivity index (χ3n) is 4.70. The molecule has 0 spiro atoms. The number of methoxy groups -OCH3 is 1. The number of rotatable bonds is 7. The predicted octanol–water partition coefficient (Wildman–Crippen LogP) is 4.85. The van der Waals surface area contributed by atoms with Gasteiger partial charge in [0.05, 0.1) is 12.0 Å². The number of non-ortho nitro benzene ring substituents is 1. The molecule has 2 heterocycles. The lowest BCUT2D eigenvalue weighted by Gasteiger charge is -2.12. The largest absolute Gasteiger partial charge is 0.496 e. The molecule has 0 N–H and O–H groups in total. The molecule has 0 amide bonds. The van der Waals surface area contributed by atoms with E-state index >= 15 is 0 Å². The summed E-state index contributed by atoms with van der Waals surface area (Å²) in [7, 11) is 1.55. The summed E-state index contributed by atoms with van der Waals surface area (Å²) in [6, 6.07) is 16.4. The Hall–Kier alpha value is -3.72. The summed E-state index contributed by atoms with van der Waals surface area (Å²) in [6.45, 7) is 2.03. The predicted molar refractivity (Wildman–Crippen MR) is 119 cm³/mol. The lowest BCUT2D eigenvalue weighted by molar-refractivity contribution is -0.384. The molecule has 2 aromatic heterocycles. The van der Waals surface area contributed by atoms with Crippen LogP contribution in [0, 0.1) is 17.0 Å². The number of ether oxygens (including phenoxy) is 1. The average molecular weight is 433 g/mol. The van der Waals surface area contributed by atoms with Crippen molar-refractivity contribution >= 4 is 17.4 Å². The molecule has 156 valence electrons. The minimum absolute atomic E-state index is 0.0221. The van der Waals surface area contributed by atoms with Crippen LogP contribution in [-0.2, 0) is 5.75 Å². The maximum Gasteiger partial charge on any atom is 0.270 e. The molecule has 2 aromatic carbocycles. The molecule has 0 radical (unpaired) electrons. The van der Waals surface area contributed by atoms with Crippen molar-refractivity contribution in [2.75, 3.05) is 7.11 Å². The summed E-state index contributed by atoms with van der Waals surface area (Å²) >= 11 is 1.44. The molecule has 0 aliphatic heterocycles. The molecule has 4 rings (SSSR count). The normalized spacial score (nSPS) is 10.8. The molecule has 0 unspecified atom stereocenters. The molecule has 31 heavy (non-hydrogen) atoms. The van der Waals surface area contributed by atoms with E-state index in [0.717, 1.165) is 16.8 Å². The zero-order chi connectivity index (χ0) is 21.8. The van der Waals surface area contributed by atoms with Gasteiger partial charge in [-0.15, -0.1) is 10.2 Å². The molecule has 8 nitrogen and oxygen atoms in total. The van der Waals surface area contributed by atoms with Crippen molar-refractivity contribution in [2.24, 2.45) is 0 Å². The standard InChI is InChI=1S/C22H19N5O3S/c1-15-3-5-18(6-4-15)26-21(16-9-11-23-12-10-16)24-25-22(26)31-14-17-13-19(27(28)29)7-8-20(17)30-2/h3-13H,14H2,1-2H3. The first-order valence-electron chi connectivity index (χ1n) is 9.44. The Morgan fingerprint density at radius 1 is 1.06 bits per heavy atom. The Morgan fingerprint density at radius 2 is 1.81 bits per heavy atom. The van der Waals surface area contributed by atoms with Gasteiger partial charge < -0.3 is 4.74 Å². The molecule has 0 aliphatic carbocycles. The summed E-state index contributed by atoms with van der Waals surface area (Å²) < 4.78 is 7.36. The average Bonchev–Trinajstić information content (AvgIpc) is 3.22. The highest BCUT2D eigenvalue weighted by atomic mass is 32.2. The van der Waals surface area contributed by atoms with Gasteiger partial charge in [0.15, 0.2) is 11.0 Å². The van der Waals surface area contributed by atoms with E-state index in [1.807, 2.05) is 47.9 Å². The van der Waals surface area contributed by atoms with Crippen molar-refractivity contribution in [3.05, 3.63) is 88.2 Å². The first-order chi connectivity index (χ1) is 15.1. The molecule has 0 aliphatic rings. The van der Waals surface area contributed by atoms with Crippen LogP contribution in [0.25, 0.3) is 17.1 Å². The second kappa shape index (κ2) is 8.97. The molecule has 0 bridgehead atoms. The number of hydrogen-bond acceptors (Lipinski definition) is 7. The lowest BCUT2D eigenvalue weighted by Crippen LogP contribution is -2.00. The van der Waals surface area contributed by atoms with Crippen molar-refractivity contribution in [3.63, 3.8) is 0 Å². The van der Waals surface area contributed by atoms with Gasteiger partial charge in [-0.2, -0.15) is 0 Å². The Kier molecular flexibility index (Phi) is 5.94. The van der Waals surface area contributed by atoms with Gasteiger partial charge in [0.1, 0.15) is 5.75 Å². The van der Waals surface area contributed by atoms with Crippen molar-refractivity contribution in [2.45, 2.75) is 17.8 Å². The van der Waals surface area contributed by atoms with E-state index in [-0.39, 0.29) is 5.69 Å². The Morgan fingerprint density at radius 3 is 2.48 bits per heavy atom. The van der Waals surface area contributed by atoms with Crippen molar-refractivity contribution in [3.8, 4) is 22.8 Å². The van der Waals surface area contributed by atoms with Crippen LogP contribution in [0.2, 0.25) is 0 Å². The van der Waals surface area contributed by atoms with E-state index in [4.69, 9.17) is 4.74 Å². The van der Waals surface area contributed by atoms with E-state index in [2.05, 4.69) is 15.2 Å². The van der Waals surface area contributed by atoms with Gasteiger partial charge in [0.2, 0.25) is 0 Å². The second-order valence-electron chi connectivity index (χ2n) is 6.75. The number of benzene rings is 2. The lowest BCUT2D eigenvalue weighted by atomic mass is 10.2. The number of hydrogen-bond donors (Lipinski definition) is 0. The maximum atomic E-state index is 11.2. The van der Waals surface area contributed by atoms with Crippen LogP contribution in [0.1, 0.15) is 11.1 Å². The van der Waals surface area contributed by atoms with E-state index in [1.54, 1.807) is 25.6 Å². The minimum Gasteiger partial charge on any atom is -0.496 e. The van der Waals surface area contributed by atoms with Crippen LogP contribution in [0.3, 0.4) is 0 Å². The monoisotopic (exact) mass is 433 g/mol. The second-order valence-corrected chi connectivity index (χ2v) is 7.70. The van der Waals surface area contributed by atoms with Gasteiger partial charge in [0, 0.05) is 47.1 Å². The molecule has 0 saturated carbocycles. The van der Waals surface area contributed by atoms with Crippen molar-refractivity contribution < 1.29 is 9.66 Å². The maximum absolute atomic E-state index is 11.2. The van der Waals surface area contributed by atoms with E-state index in [0.29, 0.717) is 28.0 Å². The highest BCUT2D eigenvalue weighted by Crippen LogP contribution is 2.33. The van der Waals surface area contributed by atoms with Gasteiger partial charge in [-0.1, -0.05) is 29.5 Å². The third-order valence-corrected chi connectivity index (χ3v) is 5.67. The van der Waals surface area contributed by atoms with Crippen LogP contribution in [0.5, 0.6) is 5.75 Å². The van der Waals surface area contributed by atoms with E-state index < -0.39 is 4.92 Å². The van der Waals surface area contributed by atoms with Gasteiger partial charge in [0.25, 0.3) is 5.69 Å². The summed E-state index contributed by atoms with van der Waals surface area (Å²) in [5, 5.41) is 20.7. The number of nitro groups is 1. The van der Waals surface area contributed by atoms with Gasteiger partial charge >= 0.3 is 0 Å². The first-order valence-corrected chi connectivity index (χ1v) is 10.4. The molecule has 0 fully saturated rings. The van der Waals surface area contributed by atoms with Crippen LogP contribution in [-0.4, -0.2) is 31.8 Å². The summed E-state index contributed by atoms with van der Waals surface area (Å²) in [5.74, 6) is 1.72. The quantitative estimate of drug-likeness (QED) is 0.234. The molecule has 0 atom stereocenters. The van der Waals surface area contributed by atoms with Crippen molar-refractivity contribution in [1.82, 2.24) is 19.7 Å². The fraction of sp³-hybridized carbons (Fsp3) is 0.136. The topological polar surface area (TPSA) is 96.0 Å². The Balaban J connectivity index is 1.73. The fourth-order valence-corrected chi connectivity index (χ4v) is 4.04. The molecular weight excluding hydrogens is 414 g/mol. The zero-order valence-electron chi connectivity index (χ0n) is 16.9. The number of aromatic nitrogens is 4. The molecule has 9 heteroatoms. The van der Waals surface area contributed by atoms with Crippen molar-refractivity contribution in [1.29, 1.82) is 0 Å². The SMILES string of the molecule is COc1ccc([N+](=O)[O-])cc1CSc1nnc(-c2ccncc2)n1-c1ccc(C)cc1. The van der Waals surface area contributed by atoms with E-state index in [1.165, 1.54) is 23.9 Å². The summed E-state index contributed by atoms with van der Waals surface area (Å²) in [4.78, 5) is 14.8.